The van der Waals surface area contributed by atoms with Gasteiger partial charge in [-0.1, -0.05) is 85.6 Å². The fourth-order valence-corrected chi connectivity index (χ4v) is 5.53. The number of anilines is 1. The molecule has 1 atom stereocenters. The highest BCUT2D eigenvalue weighted by Crippen LogP contribution is 2.27. The first kappa shape index (κ1) is 31.5. The summed E-state index contributed by atoms with van der Waals surface area (Å²) in [6.07, 6.45) is 1.28. The Morgan fingerprint density at radius 2 is 1.55 bits per heavy atom. The summed E-state index contributed by atoms with van der Waals surface area (Å²) in [6.45, 7) is 5.69. The van der Waals surface area contributed by atoms with Crippen LogP contribution in [-0.4, -0.2) is 50.5 Å². The fraction of sp³-hybridized carbons (Fsp3) is 0.333. The third-order valence-electron chi connectivity index (χ3n) is 6.32. The normalized spacial score (nSPS) is 12.2. The van der Waals surface area contributed by atoms with Crippen LogP contribution in [0, 0.1) is 12.8 Å². The molecule has 0 aliphatic carbocycles. The zero-order valence-electron chi connectivity index (χ0n) is 23.1. The van der Waals surface area contributed by atoms with Crippen molar-refractivity contribution in [1.29, 1.82) is 0 Å². The summed E-state index contributed by atoms with van der Waals surface area (Å²) in [5.74, 6) is -0.659. The van der Waals surface area contributed by atoms with Crippen molar-refractivity contribution in [2.75, 3.05) is 23.7 Å². The molecule has 0 radical (unpaired) electrons. The van der Waals surface area contributed by atoms with Gasteiger partial charge >= 0.3 is 0 Å². The number of rotatable bonds is 12. The van der Waals surface area contributed by atoms with Gasteiger partial charge in [0.2, 0.25) is 21.8 Å². The first-order chi connectivity index (χ1) is 18.8. The van der Waals surface area contributed by atoms with Crippen LogP contribution in [0.25, 0.3) is 0 Å². The highest BCUT2D eigenvalue weighted by molar-refractivity contribution is 7.92. The van der Waals surface area contributed by atoms with Crippen LogP contribution in [0.5, 0.6) is 0 Å². The first-order valence-corrected chi connectivity index (χ1v) is 15.5. The third-order valence-corrected chi connectivity index (χ3v) is 7.91. The monoisotopic (exact) mass is 603 g/mol. The Balaban J connectivity index is 2.07. The van der Waals surface area contributed by atoms with Gasteiger partial charge < -0.3 is 10.2 Å². The molecule has 3 rings (SSSR count). The van der Waals surface area contributed by atoms with Crippen LogP contribution in [0.4, 0.5) is 5.69 Å². The van der Waals surface area contributed by atoms with E-state index in [9.17, 15) is 18.0 Å². The molecule has 0 fully saturated rings. The third kappa shape index (κ3) is 8.98. The molecule has 0 aliphatic heterocycles. The summed E-state index contributed by atoms with van der Waals surface area (Å²) in [5, 5.41) is 3.79. The molecule has 2 amide bonds. The Labute approximate surface area is 247 Å². The zero-order chi connectivity index (χ0) is 29.4. The number of carbonyl (C=O) groups excluding carboxylic acids is 2. The van der Waals surface area contributed by atoms with Crippen LogP contribution < -0.4 is 9.62 Å². The number of carbonyl (C=O) groups is 2. The summed E-state index contributed by atoms with van der Waals surface area (Å²) < 4.78 is 26.9. The lowest BCUT2D eigenvalue weighted by molar-refractivity contribution is -0.140. The minimum absolute atomic E-state index is 0.0537. The van der Waals surface area contributed by atoms with E-state index in [4.69, 9.17) is 23.2 Å². The highest BCUT2D eigenvalue weighted by atomic mass is 35.5. The number of sulfonamides is 1. The second-order valence-corrected chi connectivity index (χ2v) is 13.0. The minimum atomic E-state index is -3.89. The van der Waals surface area contributed by atoms with Gasteiger partial charge in [-0.25, -0.2) is 8.42 Å². The van der Waals surface area contributed by atoms with E-state index in [2.05, 4.69) is 5.32 Å². The van der Waals surface area contributed by atoms with Crippen molar-refractivity contribution in [3.63, 3.8) is 0 Å². The number of benzene rings is 3. The van der Waals surface area contributed by atoms with Crippen LogP contribution in [0.1, 0.15) is 30.5 Å². The molecule has 0 saturated carbocycles. The molecule has 1 N–H and O–H groups in total. The van der Waals surface area contributed by atoms with Crippen LogP contribution in [-0.2, 0) is 32.6 Å². The molecule has 0 heterocycles. The smallest absolute Gasteiger partial charge is 0.244 e. The number of halogens is 2. The minimum Gasteiger partial charge on any atom is -0.354 e. The molecule has 40 heavy (non-hydrogen) atoms. The maximum absolute atomic E-state index is 14.1. The van der Waals surface area contributed by atoms with Gasteiger partial charge in [0.15, 0.2) is 0 Å². The van der Waals surface area contributed by atoms with Crippen LogP contribution >= 0.6 is 23.2 Å². The van der Waals surface area contributed by atoms with E-state index in [0.29, 0.717) is 33.4 Å². The lowest BCUT2D eigenvalue weighted by Gasteiger charge is -2.34. The van der Waals surface area contributed by atoms with Crippen molar-refractivity contribution in [2.45, 2.75) is 39.8 Å². The highest BCUT2D eigenvalue weighted by Gasteiger charge is 2.33. The molecule has 3 aromatic carbocycles. The molecule has 7 nitrogen and oxygen atoms in total. The van der Waals surface area contributed by atoms with E-state index in [1.54, 1.807) is 37.3 Å². The number of nitrogens with one attached hydrogen (secondary N) is 1. The molecule has 0 spiro atoms. The van der Waals surface area contributed by atoms with Gasteiger partial charge in [0, 0.05) is 29.6 Å². The maximum atomic E-state index is 14.1. The summed E-state index contributed by atoms with van der Waals surface area (Å²) >= 11 is 12.4. The van der Waals surface area contributed by atoms with E-state index in [1.807, 2.05) is 50.2 Å². The van der Waals surface area contributed by atoms with Crippen LogP contribution in [0.2, 0.25) is 10.0 Å². The summed E-state index contributed by atoms with van der Waals surface area (Å²) in [6, 6.07) is 20.4. The molecule has 3 aromatic rings. The number of hydrogen-bond acceptors (Lipinski definition) is 4. The van der Waals surface area contributed by atoms with Crippen molar-refractivity contribution < 1.29 is 18.0 Å². The largest absolute Gasteiger partial charge is 0.354 e. The molecule has 0 aromatic heterocycles. The van der Waals surface area contributed by atoms with Crippen molar-refractivity contribution in [3.05, 3.63) is 99.5 Å². The Bertz CT molecular complexity index is 1430. The Morgan fingerprint density at radius 3 is 2.17 bits per heavy atom. The quantitative estimate of drug-likeness (QED) is 0.297. The molecule has 0 saturated heterocycles. The Hall–Kier alpha value is -3.07. The predicted octanol–water partition coefficient (Wildman–Crippen LogP) is 5.48. The van der Waals surface area contributed by atoms with E-state index >= 15 is 0 Å². The average molecular weight is 605 g/mol. The summed E-state index contributed by atoms with van der Waals surface area (Å²) in [7, 11) is -3.89. The first-order valence-electron chi connectivity index (χ1n) is 12.9. The number of hydrogen-bond donors (Lipinski definition) is 1. The van der Waals surface area contributed by atoms with Crippen molar-refractivity contribution in [2.24, 2.45) is 5.92 Å². The van der Waals surface area contributed by atoms with Gasteiger partial charge in [-0.3, -0.25) is 13.9 Å². The average Bonchev–Trinajstić information content (AvgIpc) is 2.89. The van der Waals surface area contributed by atoms with Gasteiger partial charge in [0.1, 0.15) is 12.6 Å². The molecular formula is C30H35Cl2N3O4S. The van der Waals surface area contributed by atoms with Crippen molar-refractivity contribution >= 4 is 50.7 Å². The van der Waals surface area contributed by atoms with E-state index in [-0.39, 0.29) is 24.8 Å². The molecule has 0 aliphatic rings. The predicted molar refractivity (Wildman–Crippen MR) is 162 cm³/mol. The SMILES string of the molecule is Cc1ccc(Cl)cc1N(CC(=O)N(Cc1cccc(Cl)c1)[C@H](Cc1ccccc1)C(=O)NCC(C)C)S(C)(=O)=O. The van der Waals surface area contributed by atoms with E-state index in [0.717, 1.165) is 16.1 Å². The maximum Gasteiger partial charge on any atom is 0.244 e. The second-order valence-electron chi connectivity index (χ2n) is 10.2. The molecular weight excluding hydrogens is 569 g/mol. The van der Waals surface area contributed by atoms with Gasteiger partial charge in [0.25, 0.3) is 0 Å². The number of nitrogens with zero attached hydrogens (tertiary/aromatic N) is 2. The van der Waals surface area contributed by atoms with Crippen molar-refractivity contribution in [1.82, 2.24) is 10.2 Å². The van der Waals surface area contributed by atoms with Crippen molar-refractivity contribution in [3.8, 4) is 0 Å². The van der Waals surface area contributed by atoms with Gasteiger partial charge in [-0.05, 0) is 53.8 Å². The fourth-order valence-electron chi connectivity index (χ4n) is 4.25. The lowest BCUT2D eigenvalue weighted by atomic mass is 10.0. The molecule has 0 bridgehead atoms. The lowest BCUT2D eigenvalue weighted by Crippen LogP contribution is -2.53. The van der Waals surface area contributed by atoms with E-state index < -0.39 is 28.5 Å². The summed E-state index contributed by atoms with van der Waals surface area (Å²) in [5.41, 5.74) is 2.51. The number of aryl methyl sites for hydroxylation is 1. The van der Waals surface area contributed by atoms with Gasteiger partial charge in [0.05, 0.1) is 11.9 Å². The molecule has 214 valence electrons. The standard InChI is InChI=1S/C30H35Cl2N3O4S/c1-21(2)18-33-30(37)28(16-23-9-6-5-7-10-23)34(19-24-11-8-12-25(31)15-24)29(36)20-35(40(4,38)39)27-17-26(32)14-13-22(27)3/h5-15,17,21,28H,16,18-20H2,1-4H3,(H,33,37)/t28-/m1/s1. The van der Waals surface area contributed by atoms with Gasteiger partial charge in [-0.2, -0.15) is 0 Å². The summed E-state index contributed by atoms with van der Waals surface area (Å²) in [4.78, 5) is 29.2. The molecule has 10 heteroatoms. The topological polar surface area (TPSA) is 86.8 Å². The Kier molecular flexibility index (Phi) is 11.0. The number of amides is 2. The Morgan fingerprint density at radius 1 is 0.900 bits per heavy atom. The van der Waals surface area contributed by atoms with Crippen LogP contribution in [0.3, 0.4) is 0 Å². The van der Waals surface area contributed by atoms with E-state index in [1.165, 1.54) is 11.0 Å². The second kappa shape index (κ2) is 14.0. The zero-order valence-corrected chi connectivity index (χ0v) is 25.4. The van der Waals surface area contributed by atoms with Crippen LogP contribution in [0.15, 0.2) is 72.8 Å². The van der Waals surface area contributed by atoms with Gasteiger partial charge in [-0.15, -0.1) is 0 Å². The molecule has 0 unspecified atom stereocenters.